The minimum Gasteiger partial charge on any atom is -0.468 e. The molecule has 1 aliphatic heterocycles. The average molecular weight is 484 g/mol. The van der Waals surface area contributed by atoms with Gasteiger partial charge in [0.1, 0.15) is 5.76 Å². The van der Waals surface area contributed by atoms with Crippen molar-refractivity contribution in [1.82, 2.24) is 9.62 Å². The van der Waals surface area contributed by atoms with Crippen LogP contribution in [0.5, 0.6) is 0 Å². The Kier molecular flexibility index (Phi) is 7.35. The number of carbonyl (C=O) groups is 1. The molecule has 180 valence electrons. The Balaban J connectivity index is 1.44. The first-order valence-corrected chi connectivity index (χ1v) is 12.6. The number of sulfonamides is 1. The molecule has 0 atom stereocenters. The molecule has 0 aliphatic carbocycles. The molecule has 2 aromatic carbocycles. The van der Waals surface area contributed by atoms with Gasteiger partial charge in [-0.2, -0.15) is 0 Å². The minimum atomic E-state index is -3.80. The molecule has 0 bridgehead atoms. The fourth-order valence-corrected chi connectivity index (χ4v) is 4.87. The fourth-order valence-electron chi connectivity index (χ4n) is 3.85. The number of hydrogen-bond donors (Lipinski definition) is 1. The molecule has 1 fully saturated rings. The number of benzene rings is 2. The van der Waals surface area contributed by atoms with Crippen LogP contribution in [-0.4, -0.2) is 52.6 Å². The van der Waals surface area contributed by atoms with E-state index in [9.17, 15) is 13.2 Å². The van der Waals surface area contributed by atoms with Crippen molar-refractivity contribution in [2.45, 2.75) is 24.9 Å². The maximum atomic E-state index is 13.2. The van der Waals surface area contributed by atoms with E-state index in [1.807, 2.05) is 12.1 Å². The van der Waals surface area contributed by atoms with Crippen molar-refractivity contribution < 1.29 is 22.4 Å². The van der Waals surface area contributed by atoms with Crippen molar-refractivity contribution in [1.29, 1.82) is 0 Å². The lowest BCUT2D eigenvalue weighted by atomic mass is 10.1. The van der Waals surface area contributed by atoms with Crippen LogP contribution in [0.15, 0.2) is 70.2 Å². The Labute approximate surface area is 200 Å². The number of carbonyl (C=O) groups excluding carboxylic acids is 1. The number of anilines is 1. The first-order valence-electron chi connectivity index (χ1n) is 11.1. The maximum Gasteiger partial charge on any atom is 0.254 e. The number of nitrogens with one attached hydrogen (secondary N) is 1. The first kappa shape index (κ1) is 24.0. The van der Waals surface area contributed by atoms with Crippen LogP contribution >= 0.6 is 0 Å². The summed E-state index contributed by atoms with van der Waals surface area (Å²) in [5.74, 6) is 0.268. The normalized spacial score (nSPS) is 14.2. The summed E-state index contributed by atoms with van der Waals surface area (Å²) in [6.07, 6.45) is 1.48. The van der Waals surface area contributed by atoms with Crippen molar-refractivity contribution in [3.8, 4) is 0 Å². The lowest BCUT2D eigenvalue weighted by molar-refractivity contribution is 0.0784. The quantitative estimate of drug-likeness (QED) is 0.529. The highest BCUT2D eigenvalue weighted by molar-refractivity contribution is 7.89. The number of amides is 1. The molecule has 1 amide bonds. The Bertz CT molecular complexity index is 1220. The van der Waals surface area contributed by atoms with Crippen LogP contribution in [0.2, 0.25) is 0 Å². The molecule has 1 aromatic heterocycles. The SMILES string of the molecule is Cc1ccc(S(=O)(=O)NCc2ccco2)cc1C(=O)N(C)Cc1ccc(N2CCOCC2)cc1. The maximum absolute atomic E-state index is 13.2. The van der Waals surface area contributed by atoms with Gasteiger partial charge in [0, 0.05) is 37.9 Å². The molecule has 0 unspecified atom stereocenters. The van der Waals surface area contributed by atoms with E-state index in [1.54, 1.807) is 37.1 Å². The van der Waals surface area contributed by atoms with E-state index in [0.717, 1.165) is 37.6 Å². The van der Waals surface area contributed by atoms with Crippen molar-refractivity contribution in [2.24, 2.45) is 0 Å². The lowest BCUT2D eigenvalue weighted by Crippen LogP contribution is -2.36. The highest BCUT2D eigenvalue weighted by Crippen LogP contribution is 2.20. The van der Waals surface area contributed by atoms with Crippen LogP contribution in [0.3, 0.4) is 0 Å². The van der Waals surface area contributed by atoms with E-state index < -0.39 is 10.0 Å². The molecule has 0 spiro atoms. The van der Waals surface area contributed by atoms with Crippen LogP contribution in [0, 0.1) is 6.92 Å². The number of morpholine rings is 1. The van der Waals surface area contributed by atoms with E-state index in [4.69, 9.17) is 9.15 Å². The van der Waals surface area contributed by atoms with Gasteiger partial charge in [-0.1, -0.05) is 18.2 Å². The zero-order valence-corrected chi connectivity index (χ0v) is 20.2. The minimum absolute atomic E-state index is 0.0346. The molecule has 1 saturated heterocycles. The predicted molar refractivity (Wildman–Crippen MR) is 129 cm³/mol. The van der Waals surface area contributed by atoms with Crippen molar-refractivity contribution >= 4 is 21.6 Å². The number of nitrogens with zero attached hydrogens (tertiary/aromatic N) is 2. The van der Waals surface area contributed by atoms with Gasteiger partial charge < -0.3 is 19.0 Å². The summed E-state index contributed by atoms with van der Waals surface area (Å²) >= 11 is 0. The van der Waals surface area contributed by atoms with Crippen molar-refractivity contribution in [3.05, 3.63) is 83.3 Å². The molecule has 3 aromatic rings. The fraction of sp³-hybridized carbons (Fsp3) is 0.320. The van der Waals surface area contributed by atoms with Gasteiger partial charge in [-0.15, -0.1) is 0 Å². The third-order valence-electron chi connectivity index (χ3n) is 5.85. The Morgan fingerprint density at radius 2 is 1.82 bits per heavy atom. The van der Waals surface area contributed by atoms with Gasteiger partial charge in [0.05, 0.1) is 30.9 Å². The Hall–Kier alpha value is -3.14. The van der Waals surface area contributed by atoms with Gasteiger partial charge in [-0.3, -0.25) is 4.79 Å². The third kappa shape index (κ3) is 5.67. The van der Waals surface area contributed by atoms with E-state index >= 15 is 0 Å². The van der Waals surface area contributed by atoms with Gasteiger partial charge in [-0.25, -0.2) is 13.1 Å². The van der Waals surface area contributed by atoms with Crippen LogP contribution in [-0.2, 0) is 27.8 Å². The molecule has 0 radical (unpaired) electrons. The molecular formula is C25H29N3O5S. The van der Waals surface area contributed by atoms with Gasteiger partial charge in [0.15, 0.2) is 0 Å². The second-order valence-electron chi connectivity index (χ2n) is 8.31. The van der Waals surface area contributed by atoms with Gasteiger partial charge in [-0.05, 0) is 54.4 Å². The number of ether oxygens (including phenoxy) is 1. The second kappa shape index (κ2) is 10.4. The number of furan rings is 1. The zero-order chi connectivity index (χ0) is 24.1. The van der Waals surface area contributed by atoms with Crippen LogP contribution in [0.25, 0.3) is 0 Å². The van der Waals surface area contributed by atoms with Crippen molar-refractivity contribution in [3.63, 3.8) is 0 Å². The highest BCUT2D eigenvalue weighted by Gasteiger charge is 2.21. The Morgan fingerprint density at radius 3 is 2.50 bits per heavy atom. The third-order valence-corrected chi connectivity index (χ3v) is 7.24. The lowest BCUT2D eigenvalue weighted by Gasteiger charge is -2.29. The van der Waals surface area contributed by atoms with Gasteiger partial charge in [0.2, 0.25) is 10.0 Å². The standard InChI is InChI=1S/C25H29N3O5S/c1-19-5-10-23(34(30,31)26-17-22-4-3-13-33-22)16-24(19)25(29)27(2)18-20-6-8-21(9-7-20)28-11-14-32-15-12-28/h3-10,13,16,26H,11-12,14-15,17-18H2,1-2H3. The van der Waals surface area contributed by atoms with E-state index in [1.165, 1.54) is 18.4 Å². The van der Waals surface area contributed by atoms with Crippen LogP contribution in [0.4, 0.5) is 5.69 Å². The predicted octanol–water partition coefficient (Wildman–Crippen LogP) is 3.18. The molecule has 1 N–H and O–H groups in total. The van der Waals surface area contributed by atoms with Crippen LogP contribution in [0.1, 0.15) is 27.2 Å². The summed E-state index contributed by atoms with van der Waals surface area (Å²) in [6.45, 7) is 5.43. The summed E-state index contributed by atoms with van der Waals surface area (Å²) in [5, 5.41) is 0. The van der Waals surface area contributed by atoms with E-state index in [0.29, 0.717) is 23.4 Å². The zero-order valence-electron chi connectivity index (χ0n) is 19.4. The Morgan fingerprint density at radius 1 is 1.09 bits per heavy atom. The van der Waals surface area contributed by atoms with Gasteiger partial charge >= 0.3 is 0 Å². The molecular weight excluding hydrogens is 454 g/mol. The topological polar surface area (TPSA) is 92.1 Å². The summed E-state index contributed by atoms with van der Waals surface area (Å²) in [4.78, 5) is 17.1. The van der Waals surface area contributed by atoms with E-state index in [-0.39, 0.29) is 17.3 Å². The monoisotopic (exact) mass is 483 g/mol. The first-order chi connectivity index (χ1) is 16.3. The molecule has 8 nitrogen and oxygen atoms in total. The number of rotatable bonds is 8. The van der Waals surface area contributed by atoms with E-state index in [2.05, 4.69) is 21.8 Å². The molecule has 9 heteroatoms. The smallest absolute Gasteiger partial charge is 0.254 e. The molecule has 1 aliphatic rings. The second-order valence-corrected chi connectivity index (χ2v) is 10.1. The van der Waals surface area contributed by atoms with Crippen molar-refractivity contribution in [2.75, 3.05) is 38.3 Å². The van der Waals surface area contributed by atoms with Crippen LogP contribution < -0.4 is 9.62 Å². The molecule has 4 rings (SSSR count). The molecule has 34 heavy (non-hydrogen) atoms. The summed E-state index contributed by atoms with van der Waals surface area (Å²) in [5.41, 5.74) is 3.20. The average Bonchev–Trinajstić information content (AvgIpc) is 3.37. The summed E-state index contributed by atoms with van der Waals surface area (Å²) in [6, 6.07) is 16.1. The summed E-state index contributed by atoms with van der Waals surface area (Å²) in [7, 11) is -2.09. The van der Waals surface area contributed by atoms with Gasteiger partial charge in [0.25, 0.3) is 5.91 Å². The number of aryl methyl sites for hydroxylation is 1. The number of hydrogen-bond acceptors (Lipinski definition) is 6. The summed E-state index contributed by atoms with van der Waals surface area (Å²) < 4.78 is 38.6. The molecule has 0 saturated carbocycles. The highest BCUT2D eigenvalue weighted by atomic mass is 32.2. The molecule has 2 heterocycles. The largest absolute Gasteiger partial charge is 0.468 e.